The number of sulfone groups is 1. The standard InChI is InChI=1S/C17H20N2O3S2/c1-11-3-4-12(2)14(7-11)15-9-23-17(18-15)19-16(20)8-13-5-6-24(21,22)10-13/h3-4,7,9,13H,5-6,8,10H2,1-2H3,(H,18,19,20). The third-order valence-corrected chi connectivity index (χ3v) is 6.82. The van der Waals surface area contributed by atoms with Crippen LogP contribution in [0, 0.1) is 19.8 Å². The van der Waals surface area contributed by atoms with E-state index in [1.807, 2.05) is 19.2 Å². The molecule has 0 spiro atoms. The molecule has 1 amide bonds. The van der Waals surface area contributed by atoms with Gasteiger partial charge in [-0.05, 0) is 37.8 Å². The normalized spacial score (nSPS) is 19.3. The molecule has 24 heavy (non-hydrogen) atoms. The molecule has 1 N–H and O–H groups in total. The Kier molecular flexibility index (Phi) is 4.73. The third kappa shape index (κ3) is 4.02. The number of aromatic nitrogens is 1. The average molecular weight is 364 g/mol. The second kappa shape index (κ2) is 6.64. The van der Waals surface area contributed by atoms with Gasteiger partial charge in [0.2, 0.25) is 5.91 Å². The molecule has 1 aliphatic rings. The molecule has 3 rings (SSSR count). The Morgan fingerprint density at radius 1 is 1.38 bits per heavy atom. The molecule has 1 aromatic carbocycles. The van der Waals surface area contributed by atoms with Crippen molar-refractivity contribution in [2.45, 2.75) is 26.7 Å². The molecule has 1 aliphatic heterocycles. The Labute approximate surface area is 146 Å². The molecule has 0 bridgehead atoms. The van der Waals surface area contributed by atoms with Crippen LogP contribution < -0.4 is 5.32 Å². The van der Waals surface area contributed by atoms with E-state index in [-0.39, 0.29) is 29.8 Å². The first-order chi connectivity index (χ1) is 11.3. The number of hydrogen-bond acceptors (Lipinski definition) is 5. The number of rotatable bonds is 4. The van der Waals surface area contributed by atoms with Crippen LogP contribution in [0.4, 0.5) is 5.13 Å². The van der Waals surface area contributed by atoms with Crippen LogP contribution in [-0.2, 0) is 14.6 Å². The number of nitrogens with one attached hydrogen (secondary N) is 1. The first-order valence-corrected chi connectivity index (χ1v) is 10.6. The molecule has 1 aromatic heterocycles. The molecular formula is C17H20N2O3S2. The van der Waals surface area contributed by atoms with E-state index in [1.54, 1.807) is 0 Å². The maximum atomic E-state index is 12.1. The van der Waals surface area contributed by atoms with Crippen LogP contribution in [0.15, 0.2) is 23.6 Å². The van der Waals surface area contributed by atoms with Gasteiger partial charge in [-0.1, -0.05) is 17.7 Å². The molecule has 1 atom stereocenters. The fourth-order valence-corrected chi connectivity index (χ4v) is 5.52. The van der Waals surface area contributed by atoms with Crippen molar-refractivity contribution in [2.24, 2.45) is 5.92 Å². The van der Waals surface area contributed by atoms with E-state index >= 15 is 0 Å². The molecular weight excluding hydrogens is 344 g/mol. The number of carbonyl (C=O) groups is 1. The number of anilines is 1. The highest BCUT2D eigenvalue weighted by atomic mass is 32.2. The van der Waals surface area contributed by atoms with Gasteiger partial charge in [-0.3, -0.25) is 4.79 Å². The van der Waals surface area contributed by atoms with Crippen LogP contribution in [0.1, 0.15) is 24.0 Å². The molecule has 2 aromatic rings. The highest BCUT2D eigenvalue weighted by Crippen LogP contribution is 2.29. The minimum Gasteiger partial charge on any atom is -0.302 e. The van der Waals surface area contributed by atoms with E-state index in [0.717, 1.165) is 22.4 Å². The van der Waals surface area contributed by atoms with E-state index in [0.29, 0.717) is 11.6 Å². The highest BCUT2D eigenvalue weighted by Gasteiger charge is 2.29. The molecule has 0 aliphatic carbocycles. The van der Waals surface area contributed by atoms with Crippen LogP contribution in [0.2, 0.25) is 0 Å². The number of benzene rings is 1. The Bertz CT molecular complexity index is 872. The van der Waals surface area contributed by atoms with Crippen molar-refractivity contribution in [1.29, 1.82) is 0 Å². The zero-order valence-corrected chi connectivity index (χ0v) is 15.3. The number of aryl methyl sites for hydroxylation is 2. The monoisotopic (exact) mass is 364 g/mol. The van der Waals surface area contributed by atoms with Crippen molar-refractivity contribution in [3.05, 3.63) is 34.7 Å². The molecule has 1 unspecified atom stereocenters. The molecule has 1 fully saturated rings. The quantitative estimate of drug-likeness (QED) is 0.904. The lowest BCUT2D eigenvalue weighted by molar-refractivity contribution is -0.116. The maximum Gasteiger partial charge on any atom is 0.226 e. The summed E-state index contributed by atoms with van der Waals surface area (Å²) in [6.45, 7) is 4.07. The molecule has 0 saturated carbocycles. The van der Waals surface area contributed by atoms with Gasteiger partial charge in [0.05, 0.1) is 17.2 Å². The van der Waals surface area contributed by atoms with Crippen molar-refractivity contribution in [2.75, 3.05) is 16.8 Å². The van der Waals surface area contributed by atoms with Crippen molar-refractivity contribution in [1.82, 2.24) is 4.98 Å². The summed E-state index contributed by atoms with van der Waals surface area (Å²) in [6.07, 6.45) is 0.805. The molecule has 1 saturated heterocycles. The number of nitrogens with zero attached hydrogens (tertiary/aromatic N) is 1. The lowest BCUT2D eigenvalue weighted by Crippen LogP contribution is -2.17. The third-order valence-electron chi connectivity index (χ3n) is 4.22. The second-order valence-electron chi connectivity index (χ2n) is 6.38. The van der Waals surface area contributed by atoms with Crippen molar-refractivity contribution in [3.8, 4) is 11.3 Å². The second-order valence-corrected chi connectivity index (χ2v) is 9.46. The fourth-order valence-electron chi connectivity index (χ4n) is 2.93. The van der Waals surface area contributed by atoms with Gasteiger partial charge < -0.3 is 5.32 Å². The highest BCUT2D eigenvalue weighted by molar-refractivity contribution is 7.91. The summed E-state index contributed by atoms with van der Waals surface area (Å²) in [6, 6.07) is 6.20. The van der Waals surface area contributed by atoms with Gasteiger partial charge >= 0.3 is 0 Å². The lowest BCUT2D eigenvalue weighted by Gasteiger charge is -2.06. The van der Waals surface area contributed by atoms with Gasteiger partial charge in [-0.2, -0.15) is 0 Å². The molecule has 0 radical (unpaired) electrons. The van der Waals surface area contributed by atoms with E-state index < -0.39 is 9.84 Å². The van der Waals surface area contributed by atoms with Gasteiger partial charge in [-0.15, -0.1) is 11.3 Å². The summed E-state index contributed by atoms with van der Waals surface area (Å²) in [5.74, 6) is 0.0674. The predicted molar refractivity (Wildman–Crippen MR) is 97.0 cm³/mol. The van der Waals surface area contributed by atoms with Crippen LogP contribution in [0.3, 0.4) is 0 Å². The van der Waals surface area contributed by atoms with E-state index in [4.69, 9.17) is 0 Å². The maximum absolute atomic E-state index is 12.1. The summed E-state index contributed by atoms with van der Waals surface area (Å²) in [4.78, 5) is 16.6. The molecule has 5 nitrogen and oxygen atoms in total. The topological polar surface area (TPSA) is 76.1 Å². The van der Waals surface area contributed by atoms with Crippen LogP contribution in [-0.4, -0.2) is 30.8 Å². The van der Waals surface area contributed by atoms with Gasteiger partial charge in [-0.25, -0.2) is 13.4 Å². The zero-order valence-electron chi connectivity index (χ0n) is 13.7. The van der Waals surface area contributed by atoms with Crippen LogP contribution >= 0.6 is 11.3 Å². The Morgan fingerprint density at radius 2 is 2.17 bits per heavy atom. The molecule has 7 heteroatoms. The minimum absolute atomic E-state index is 0.0755. The Hall–Kier alpha value is -1.73. The van der Waals surface area contributed by atoms with E-state index in [2.05, 4.69) is 28.5 Å². The first-order valence-electron chi connectivity index (χ1n) is 7.86. The van der Waals surface area contributed by atoms with Gasteiger partial charge in [0.1, 0.15) is 0 Å². The Morgan fingerprint density at radius 3 is 2.88 bits per heavy atom. The largest absolute Gasteiger partial charge is 0.302 e. The van der Waals surface area contributed by atoms with E-state index in [1.165, 1.54) is 11.3 Å². The van der Waals surface area contributed by atoms with E-state index in [9.17, 15) is 13.2 Å². The first kappa shape index (κ1) is 17.1. The summed E-state index contributed by atoms with van der Waals surface area (Å²) < 4.78 is 22.9. The summed E-state index contributed by atoms with van der Waals surface area (Å²) >= 11 is 1.38. The summed E-state index contributed by atoms with van der Waals surface area (Å²) in [5.41, 5.74) is 4.21. The summed E-state index contributed by atoms with van der Waals surface area (Å²) in [5, 5.41) is 5.27. The lowest BCUT2D eigenvalue weighted by atomic mass is 10.0. The number of carbonyl (C=O) groups excluding carboxylic acids is 1. The zero-order chi connectivity index (χ0) is 17.3. The molecule has 2 heterocycles. The minimum atomic E-state index is -2.95. The van der Waals surface area contributed by atoms with Gasteiger partial charge in [0.15, 0.2) is 15.0 Å². The van der Waals surface area contributed by atoms with Crippen molar-refractivity contribution < 1.29 is 13.2 Å². The predicted octanol–water partition coefficient (Wildman–Crippen LogP) is 3.19. The molecule has 128 valence electrons. The fraction of sp³-hybridized carbons (Fsp3) is 0.412. The average Bonchev–Trinajstić information content (AvgIpc) is 3.08. The van der Waals surface area contributed by atoms with Crippen LogP contribution in [0.25, 0.3) is 11.3 Å². The van der Waals surface area contributed by atoms with Crippen molar-refractivity contribution in [3.63, 3.8) is 0 Å². The SMILES string of the molecule is Cc1ccc(C)c(-c2csc(NC(=O)CC3CCS(=O)(=O)C3)n2)c1. The number of amides is 1. The van der Waals surface area contributed by atoms with Gasteiger partial charge in [0.25, 0.3) is 0 Å². The number of thiazole rings is 1. The Balaban J connectivity index is 1.66. The van der Waals surface area contributed by atoms with Gasteiger partial charge in [0, 0.05) is 17.4 Å². The van der Waals surface area contributed by atoms with Crippen LogP contribution in [0.5, 0.6) is 0 Å². The summed E-state index contributed by atoms with van der Waals surface area (Å²) in [7, 11) is -2.95. The smallest absolute Gasteiger partial charge is 0.226 e. The van der Waals surface area contributed by atoms with Crippen molar-refractivity contribution >= 4 is 32.2 Å². The number of hydrogen-bond donors (Lipinski definition) is 1.